The number of aliphatic hydroxyl groups is 1. The van der Waals surface area contributed by atoms with Crippen molar-refractivity contribution in [3.63, 3.8) is 0 Å². The Balaban J connectivity index is 0.000000175. The number of fused-ring (bicyclic) bond motifs is 5. The van der Waals surface area contributed by atoms with Crippen LogP contribution in [0.2, 0.25) is 5.02 Å². The third-order valence-electron chi connectivity index (χ3n) is 8.81. The molecule has 2 N–H and O–H groups in total. The molecule has 6 nitrogen and oxygen atoms in total. The predicted octanol–water partition coefficient (Wildman–Crippen LogP) is 7.59. The van der Waals surface area contributed by atoms with Crippen molar-refractivity contribution in [3.05, 3.63) is 88.6 Å². The average Bonchev–Trinajstić information content (AvgIpc) is 2.98. The van der Waals surface area contributed by atoms with Crippen molar-refractivity contribution in [1.29, 1.82) is 0 Å². The highest BCUT2D eigenvalue weighted by Crippen LogP contribution is 2.43. The van der Waals surface area contributed by atoms with Crippen LogP contribution in [0.5, 0.6) is 5.75 Å². The topological polar surface area (TPSA) is 82.9 Å². The molecule has 2 aromatic carbocycles. The number of nitrogens with zero attached hydrogens (tertiary/aromatic N) is 2. The quantitative estimate of drug-likeness (QED) is 0.290. The van der Waals surface area contributed by atoms with Crippen molar-refractivity contribution in [2.45, 2.75) is 63.5 Å². The van der Waals surface area contributed by atoms with E-state index in [-0.39, 0.29) is 22.8 Å². The van der Waals surface area contributed by atoms with Gasteiger partial charge in [-0.15, -0.1) is 6.58 Å². The van der Waals surface area contributed by atoms with Gasteiger partial charge in [0.2, 0.25) is 6.10 Å². The van der Waals surface area contributed by atoms with Gasteiger partial charge in [-0.2, -0.15) is 13.2 Å². The predicted molar refractivity (Wildman–Crippen MR) is 165 cm³/mol. The maximum Gasteiger partial charge on any atom is 0.430 e. The monoisotopic (exact) mass is 628 g/mol. The van der Waals surface area contributed by atoms with Gasteiger partial charge >= 0.3 is 12.1 Å². The fourth-order valence-electron chi connectivity index (χ4n) is 6.50. The third-order valence-corrected chi connectivity index (χ3v) is 9.12. The summed E-state index contributed by atoms with van der Waals surface area (Å²) in [5, 5.41) is 21.4. The summed E-state index contributed by atoms with van der Waals surface area (Å²) < 4.78 is 43.9. The maximum absolute atomic E-state index is 13.0. The Kier molecular flexibility index (Phi) is 8.86. The summed E-state index contributed by atoms with van der Waals surface area (Å²) in [6.45, 7) is 11.7. The standard InChI is InChI=1S/C19H22N2O.C15H14ClF3O3/c1-2-13-12-21-10-8-14(13)11-18(21)19(22)16-7-9-20-17-6-4-3-5-15(16)17;1-14(2,3)9-6-11-7(5-10(9)16)4-8(13(20)21)12(22-11)15(17,18)19/h2-7,9,13-14,18-19,22H,1,8,10-12H2;4-6,12H,1-3H3,(H,20,21)/t13-,14-,18+,19-;12-/m01/s1. The molecule has 3 aromatic rings. The van der Waals surface area contributed by atoms with Crippen molar-refractivity contribution in [1.82, 2.24) is 9.88 Å². The molecular weight excluding hydrogens is 593 g/mol. The van der Waals surface area contributed by atoms with Gasteiger partial charge in [-0.05, 0) is 78.1 Å². The van der Waals surface area contributed by atoms with Crippen LogP contribution in [-0.4, -0.2) is 57.5 Å². The number of alkyl halides is 3. The minimum absolute atomic E-state index is 0.0262. The Morgan fingerprint density at radius 3 is 2.55 bits per heavy atom. The SMILES string of the molecule is C=C[C@H]1CN2CC[C@H]1C[C@@H]2[C@@H](O)c1ccnc2ccccc12.CC(C)(C)c1cc2c(cc1Cl)C=C(C(=O)O)[C@H](C(F)(F)F)O2. The number of rotatable bonds is 4. The normalized spacial score (nSPS) is 25.2. The molecule has 2 bridgehead atoms. The molecule has 234 valence electrons. The zero-order valence-electron chi connectivity index (χ0n) is 24.8. The summed E-state index contributed by atoms with van der Waals surface area (Å²) in [5.41, 5.74) is 1.56. The molecule has 3 fully saturated rings. The lowest BCUT2D eigenvalue weighted by atomic mass is 9.73. The summed E-state index contributed by atoms with van der Waals surface area (Å²) in [6.07, 6.45) is -0.592. The van der Waals surface area contributed by atoms with Gasteiger partial charge in [-0.25, -0.2) is 4.79 Å². The fourth-order valence-corrected chi connectivity index (χ4v) is 6.95. The number of benzene rings is 2. The van der Waals surface area contributed by atoms with Crippen LogP contribution in [0.3, 0.4) is 0 Å². The molecule has 5 heterocycles. The number of piperidine rings is 3. The van der Waals surface area contributed by atoms with E-state index >= 15 is 0 Å². The molecule has 0 radical (unpaired) electrons. The van der Waals surface area contributed by atoms with Crippen molar-refractivity contribution < 1.29 is 32.9 Å². The van der Waals surface area contributed by atoms with Gasteiger partial charge in [0.15, 0.2) is 0 Å². The van der Waals surface area contributed by atoms with E-state index in [1.807, 2.05) is 51.2 Å². The first-order valence-corrected chi connectivity index (χ1v) is 15.0. The van der Waals surface area contributed by atoms with E-state index in [9.17, 15) is 23.1 Å². The van der Waals surface area contributed by atoms with E-state index in [2.05, 4.69) is 28.6 Å². The fraction of sp³-hybridized carbons (Fsp3) is 0.412. The van der Waals surface area contributed by atoms with Crippen LogP contribution >= 0.6 is 11.6 Å². The zero-order valence-corrected chi connectivity index (χ0v) is 25.6. The largest absolute Gasteiger partial charge is 0.478 e. The first-order chi connectivity index (χ1) is 20.7. The first-order valence-electron chi connectivity index (χ1n) is 14.6. The van der Waals surface area contributed by atoms with Gasteiger partial charge in [-0.3, -0.25) is 9.88 Å². The lowest BCUT2D eigenvalue weighted by Gasteiger charge is -2.50. The van der Waals surface area contributed by atoms with Gasteiger partial charge in [0.25, 0.3) is 0 Å². The highest BCUT2D eigenvalue weighted by Gasteiger charge is 2.48. The highest BCUT2D eigenvalue weighted by molar-refractivity contribution is 6.31. The summed E-state index contributed by atoms with van der Waals surface area (Å²) in [7, 11) is 0. The second-order valence-corrected chi connectivity index (χ2v) is 13.1. The Bertz CT molecular complexity index is 1590. The van der Waals surface area contributed by atoms with Crippen LogP contribution < -0.4 is 4.74 Å². The number of pyridine rings is 1. The molecule has 0 aliphatic carbocycles. The number of carboxylic acids is 1. The summed E-state index contributed by atoms with van der Waals surface area (Å²) >= 11 is 6.14. The Labute approximate surface area is 259 Å². The molecule has 0 spiro atoms. The lowest BCUT2D eigenvalue weighted by molar-refractivity contribution is -0.187. The van der Waals surface area contributed by atoms with E-state index < -0.39 is 29.9 Å². The second kappa shape index (κ2) is 12.2. The first kappa shape index (κ1) is 32.0. The van der Waals surface area contributed by atoms with Crippen molar-refractivity contribution in [3.8, 4) is 5.75 Å². The smallest absolute Gasteiger partial charge is 0.430 e. The van der Waals surface area contributed by atoms with Gasteiger partial charge in [0.1, 0.15) is 5.75 Å². The van der Waals surface area contributed by atoms with Crippen molar-refractivity contribution in [2.24, 2.45) is 11.8 Å². The molecule has 6 atom stereocenters. The van der Waals surface area contributed by atoms with Gasteiger partial charge in [-0.1, -0.05) is 56.6 Å². The van der Waals surface area contributed by atoms with E-state index in [1.165, 1.54) is 18.6 Å². The molecule has 4 aliphatic rings. The number of hydrogen-bond donors (Lipinski definition) is 2. The molecule has 1 aromatic heterocycles. The van der Waals surface area contributed by atoms with Gasteiger partial charge < -0.3 is 14.9 Å². The van der Waals surface area contributed by atoms with E-state index in [0.29, 0.717) is 22.4 Å². The van der Waals surface area contributed by atoms with Gasteiger partial charge in [0.05, 0.1) is 17.2 Å². The number of halogens is 4. The number of aromatic nitrogens is 1. The molecule has 10 heteroatoms. The molecular formula is C34H36ClF3N2O4. The van der Waals surface area contributed by atoms with Crippen LogP contribution in [-0.2, 0) is 10.2 Å². The van der Waals surface area contributed by atoms with Gasteiger partial charge in [0, 0.05) is 34.8 Å². The third kappa shape index (κ3) is 6.36. The van der Waals surface area contributed by atoms with Crippen molar-refractivity contribution in [2.75, 3.05) is 13.1 Å². The molecule has 7 rings (SSSR count). The molecule has 0 saturated carbocycles. The lowest BCUT2D eigenvalue weighted by Crippen LogP contribution is -2.54. The Hall–Kier alpha value is -3.40. The molecule has 0 amide bonds. The number of ether oxygens (including phenoxy) is 1. The van der Waals surface area contributed by atoms with E-state index in [1.54, 1.807) is 0 Å². The number of para-hydroxylation sites is 1. The van der Waals surface area contributed by atoms with Crippen LogP contribution in [0.1, 0.15) is 56.4 Å². The number of carbonyl (C=O) groups is 1. The molecule has 3 saturated heterocycles. The summed E-state index contributed by atoms with van der Waals surface area (Å²) in [6, 6.07) is 13.1. The maximum atomic E-state index is 13.0. The number of aliphatic carboxylic acids is 1. The summed E-state index contributed by atoms with van der Waals surface area (Å²) in [4.78, 5) is 17.9. The Morgan fingerprint density at radius 1 is 1.20 bits per heavy atom. The zero-order chi connectivity index (χ0) is 32.0. The van der Waals surface area contributed by atoms with Crippen LogP contribution in [0.4, 0.5) is 13.2 Å². The van der Waals surface area contributed by atoms with Crippen LogP contribution in [0.25, 0.3) is 17.0 Å². The van der Waals surface area contributed by atoms with Crippen molar-refractivity contribution >= 4 is 34.5 Å². The minimum Gasteiger partial charge on any atom is -0.478 e. The van der Waals surface area contributed by atoms with E-state index in [4.69, 9.17) is 21.4 Å². The molecule has 44 heavy (non-hydrogen) atoms. The average molecular weight is 629 g/mol. The van der Waals surface area contributed by atoms with E-state index in [0.717, 1.165) is 42.1 Å². The van der Waals surface area contributed by atoms with Crippen LogP contribution in [0, 0.1) is 11.8 Å². The Morgan fingerprint density at radius 2 is 1.93 bits per heavy atom. The second-order valence-electron chi connectivity index (χ2n) is 12.7. The molecule has 4 aliphatic heterocycles. The number of carboxylic acid groups (broad SMARTS) is 1. The minimum atomic E-state index is -4.82. The number of aliphatic hydroxyl groups excluding tert-OH is 1. The van der Waals surface area contributed by atoms with Crippen LogP contribution in [0.15, 0.2) is 66.9 Å². The highest BCUT2D eigenvalue weighted by atomic mass is 35.5. The molecule has 1 unspecified atom stereocenters. The number of hydrogen-bond acceptors (Lipinski definition) is 5. The summed E-state index contributed by atoms with van der Waals surface area (Å²) in [5.74, 6) is -0.438.